The molecule has 1 aromatic heterocycles. The first-order valence-electron chi connectivity index (χ1n) is 3.42. The molecule has 0 unspecified atom stereocenters. The Kier molecular flexibility index (Phi) is 1.26. The number of nitrogens with zero attached hydrogens (tertiary/aromatic N) is 2. The molecule has 0 spiro atoms. The van der Waals surface area contributed by atoms with Gasteiger partial charge in [0.2, 0.25) is 0 Å². The molecule has 0 aliphatic carbocycles. The van der Waals surface area contributed by atoms with Crippen molar-refractivity contribution in [3.8, 4) is 11.8 Å². The van der Waals surface area contributed by atoms with Crippen molar-refractivity contribution in [1.82, 2.24) is 4.98 Å². The molecule has 1 aliphatic rings. The highest BCUT2D eigenvalue weighted by Gasteiger charge is 2.12. The van der Waals surface area contributed by atoms with Gasteiger partial charge in [-0.1, -0.05) is 0 Å². The van der Waals surface area contributed by atoms with Gasteiger partial charge in [-0.2, -0.15) is 5.26 Å². The summed E-state index contributed by atoms with van der Waals surface area (Å²) in [5.74, 6) is 0.768. The Morgan fingerprint density at radius 1 is 1.64 bits per heavy atom. The summed E-state index contributed by atoms with van der Waals surface area (Å²) >= 11 is 0. The van der Waals surface area contributed by atoms with Crippen LogP contribution in [0.1, 0.15) is 11.3 Å². The lowest BCUT2D eigenvalue weighted by atomic mass is 10.2. The molecule has 0 fully saturated rings. The number of nitriles is 1. The Hall–Kier alpha value is -1.56. The molecular formula is C8H6N2O. The van der Waals surface area contributed by atoms with Crippen LogP contribution in [0.15, 0.2) is 12.3 Å². The quantitative estimate of drug-likeness (QED) is 0.546. The SMILES string of the molecule is N#Cc1cnc2c(c1)OCC2. The van der Waals surface area contributed by atoms with E-state index in [1.54, 1.807) is 12.3 Å². The fraction of sp³-hybridized carbons (Fsp3) is 0.250. The van der Waals surface area contributed by atoms with E-state index in [-0.39, 0.29) is 0 Å². The van der Waals surface area contributed by atoms with Gasteiger partial charge in [0.1, 0.15) is 11.8 Å². The third-order valence-corrected chi connectivity index (χ3v) is 1.66. The maximum atomic E-state index is 8.52. The predicted octanol–water partition coefficient (Wildman–Crippen LogP) is 0.888. The number of hydrogen-bond acceptors (Lipinski definition) is 3. The molecule has 0 atom stereocenters. The van der Waals surface area contributed by atoms with Crippen LogP contribution in [0.3, 0.4) is 0 Å². The summed E-state index contributed by atoms with van der Waals surface area (Å²) in [6.07, 6.45) is 2.44. The lowest BCUT2D eigenvalue weighted by molar-refractivity contribution is 0.356. The first kappa shape index (κ1) is 6.17. The third kappa shape index (κ3) is 0.926. The van der Waals surface area contributed by atoms with Crippen molar-refractivity contribution in [2.45, 2.75) is 6.42 Å². The van der Waals surface area contributed by atoms with Gasteiger partial charge < -0.3 is 4.74 Å². The minimum atomic E-state index is 0.561. The highest BCUT2D eigenvalue weighted by Crippen LogP contribution is 2.23. The Balaban J connectivity index is 2.51. The van der Waals surface area contributed by atoms with Crippen LogP contribution in [0.5, 0.6) is 5.75 Å². The second-order valence-electron chi connectivity index (χ2n) is 2.38. The van der Waals surface area contributed by atoms with Crippen LogP contribution >= 0.6 is 0 Å². The van der Waals surface area contributed by atoms with E-state index in [9.17, 15) is 0 Å². The Morgan fingerprint density at radius 2 is 2.55 bits per heavy atom. The van der Waals surface area contributed by atoms with E-state index in [1.807, 2.05) is 6.07 Å². The highest BCUT2D eigenvalue weighted by atomic mass is 16.5. The summed E-state index contributed by atoms with van der Waals surface area (Å²) in [5.41, 5.74) is 1.52. The molecule has 0 N–H and O–H groups in total. The van der Waals surface area contributed by atoms with Gasteiger partial charge in [-0.15, -0.1) is 0 Å². The van der Waals surface area contributed by atoms with Gasteiger partial charge in [0.15, 0.2) is 0 Å². The number of aromatic nitrogens is 1. The second kappa shape index (κ2) is 2.24. The minimum Gasteiger partial charge on any atom is -0.491 e. The second-order valence-corrected chi connectivity index (χ2v) is 2.38. The molecule has 1 aromatic rings. The van der Waals surface area contributed by atoms with E-state index in [2.05, 4.69) is 4.98 Å². The van der Waals surface area contributed by atoms with Gasteiger partial charge in [-0.3, -0.25) is 4.98 Å². The fourth-order valence-electron chi connectivity index (χ4n) is 1.10. The lowest BCUT2D eigenvalue weighted by Crippen LogP contribution is -1.86. The maximum Gasteiger partial charge on any atom is 0.142 e. The van der Waals surface area contributed by atoms with Crippen molar-refractivity contribution >= 4 is 0 Å². The van der Waals surface area contributed by atoms with Gasteiger partial charge in [0.25, 0.3) is 0 Å². The number of fused-ring (bicyclic) bond motifs is 1. The summed E-state index contributed by atoms with van der Waals surface area (Å²) in [6.45, 7) is 0.692. The monoisotopic (exact) mass is 146 g/mol. The van der Waals surface area contributed by atoms with E-state index in [0.717, 1.165) is 17.9 Å². The zero-order chi connectivity index (χ0) is 7.68. The average molecular weight is 146 g/mol. The number of pyridine rings is 1. The minimum absolute atomic E-state index is 0.561. The summed E-state index contributed by atoms with van der Waals surface area (Å²) in [4.78, 5) is 4.08. The Bertz CT molecular complexity index is 327. The molecule has 3 heteroatoms. The molecule has 0 bridgehead atoms. The first-order valence-corrected chi connectivity index (χ1v) is 3.42. The maximum absolute atomic E-state index is 8.52. The standard InChI is InChI=1S/C8H6N2O/c9-4-6-3-8-7(10-5-6)1-2-11-8/h3,5H,1-2H2. The van der Waals surface area contributed by atoms with Crippen LogP contribution in [-0.2, 0) is 6.42 Å². The van der Waals surface area contributed by atoms with Crippen molar-refractivity contribution in [2.75, 3.05) is 6.61 Å². The Morgan fingerprint density at radius 3 is 3.36 bits per heavy atom. The van der Waals surface area contributed by atoms with Gasteiger partial charge in [-0.05, 0) is 0 Å². The molecule has 0 saturated heterocycles. The highest BCUT2D eigenvalue weighted by molar-refractivity contribution is 5.39. The zero-order valence-electron chi connectivity index (χ0n) is 5.87. The van der Waals surface area contributed by atoms with Crippen molar-refractivity contribution in [3.63, 3.8) is 0 Å². The molecule has 3 nitrogen and oxygen atoms in total. The lowest BCUT2D eigenvalue weighted by Gasteiger charge is -1.95. The summed E-state index contributed by atoms with van der Waals surface area (Å²) < 4.78 is 5.23. The van der Waals surface area contributed by atoms with Crippen LogP contribution in [0, 0.1) is 11.3 Å². The van der Waals surface area contributed by atoms with Gasteiger partial charge >= 0.3 is 0 Å². The number of hydrogen-bond donors (Lipinski definition) is 0. The predicted molar refractivity (Wildman–Crippen MR) is 38.2 cm³/mol. The van der Waals surface area contributed by atoms with E-state index in [0.29, 0.717) is 12.2 Å². The van der Waals surface area contributed by atoms with Crippen molar-refractivity contribution in [2.24, 2.45) is 0 Å². The van der Waals surface area contributed by atoms with Crippen LogP contribution in [0.25, 0.3) is 0 Å². The first-order chi connectivity index (χ1) is 5.40. The topological polar surface area (TPSA) is 45.9 Å². The molecule has 0 saturated carbocycles. The normalized spacial score (nSPS) is 13.4. The van der Waals surface area contributed by atoms with Crippen molar-refractivity contribution in [1.29, 1.82) is 5.26 Å². The molecule has 54 valence electrons. The molecular weight excluding hydrogens is 140 g/mol. The molecule has 0 radical (unpaired) electrons. The largest absolute Gasteiger partial charge is 0.491 e. The number of rotatable bonds is 0. The van der Waals surface area contributed by atoms with Crippen LogP contribution < -0.4 is 4.74 Å². The Labute approximate surface area is 64.2 Å². The molecule has 11 heavy (non-hydrogen) atoms. The van der Waals surface area contributed by atoms with Crippen molar-refractivity contribution < 1.29 is 4.74 Å². The third-order valence-electron chi connectivity index (χ3n) is 1.66. The van der Waals surface area contributed by atoms with E-state index in [4.69, 9.17) is 10.00 Å². The summed E-state index contributed by atoms with van der Waals surface area (Å²) in [7, 11) is 0. The van der Waals surface area contributed by atoms with Gasteiger partial charge in [-0.25, -0.2) is 0 Å². The van der Waals surface area contributed by atoms with Crippen LogP contribution in [0.2, 0.25) is 0 Å². The van der Waals surface area contributed by atoms with Crippen LogP contribution in [-0.4, -0.2) is 11.6 Å². The fourth-order valence-corrected chi connectivity index (χ4v) is 1.10. The summed E-state index contributed by atoms with van der Waals surface area (Å²) in [5, 5.41) is 8.52. The molecule has 2 rings (SSSR count). The molecule has 1 aliphatic heterocycles. The van der Waals surface area contributed by atoms with E-state index >= 15 is 0 Å². The molecule has 0 aromatic carbocycles. The molecule has 0 amide bonds. The van der Waals surface area contributed by atoms with E-state index < -0.39 is 0 Å². The van der Waals surface area contributed by atoms with Crippen LogP contribution in [0.4, 0.5) is 0 Å². The smallest absolute Gasteiger partial charge is 0.142 e. The van der Waals surface area contributed by atoms with E-state index in [1.165, 1.54) is 0 Å². The van der Waals surface area contributed by atoms with Crippen molar-refractivity contribution in [3.05, 3.63) is 23.5 Å². The zero-order valence-corrected chi connectivity index (χ0v) is 5.87. The van der Waals surface area contributed by atoms with Gasteiger partial charge in [0.05, 0.1) is 17.9 Å². The molecule has 2 heterocycles. The summed E-state index contributed by atoms with van der Waals surface area (Å²) in [6, 6.07) is 3.75. The average Bonchev–Trinajstić information content (AvgIpc) is 2.50. The van der Waals surface area contributed by atoms with Gasteiger partial charge in [0, 0.05) is 18.7 Å². The number of ether oxygens (including phenoxy) is 1.